The molecule has 0 saturated carbocycles. The lowest BCUT2D eigenvalue weighted by Crippen LogP contribution is -2.25. The lowest BCUT2D eigenvalue weighted by Gasteiger charge is -2.11. The molecule has 0 aromatic heterocycles. The lowest BCUT2D eigenvalue weighted by molar-refractivity contribution is -0.137. The largest absolute Gasteiger partial charge is 0.490 e. The highest BCUT2D eigenvalue weighted by Crippen LogP contribution is 2.31. The van der Waals surface area contributed by atoms with Gasteiger partial charge in [-0.3, -0.25) is 0 Å². The molecule has 0 atom stereocenters. The van der Waals surface area contributed by atoms with Crippen molar-refractivity contribution >= 4 is 6.09 Å². The summed E-state index contributed by atoms with van der Waals surface area (Å²) in [4.78, 5) is 11.5. The number of alkyl carbamates (subject to hydrolysis) is 1. The van der Waals surface area contributed by atoms with Crippen molar-refractivity contribution in [1.29, 1.82) is 0 Å². The molecule has 4 nitrogen and oxygen atoms in total. The number of carbonyl (C=O) groups excluding carboxylic acids is 1. The summed E-state index contributed by atoms with van der Waals surface area (Å²) in [6, 6.07) is 13.8. The second-order valence-electron chi connectivity index (χ2n) is 4.85. The van der Waals surface area contributed by atoms with E-state index in [0.717, 1.165) is 17.7 Å². The highest BCUT2D eigenvalue weighted by molar-refractivity contribution is 5.67. The van der Waals surface area contributed by atoms with Gasteiger partial charge in [-0.25, -0.2) is 4.79 Å². The molecule has 0 unspecified atom stereocenters. The van der Waals surface area contributed by atoms with Crippen molar-refractivity contribution in [2.24, 2.45) is 0 Å². The van der Waals surface area contributed by atoms with E-state index < -0.39 is 17.8 Å². The molecule has 1 amide bonds. The van der Waals surface area contributed by atoms with E-state index >= 15 is 0 Å². The molecule has 1 N–H and O–H groups in total. The Bertz CT molecular complexity index is 660. The van der Waals surface area contributed by atoms with Gasteiger partial charge in [0.2, 0.25) is 0 Å². The Morgan fingerprint density at radius 3 is 2.46 bits per heavy atom. The maximum Gasteiger partial charge on any atom is 0.416 e. The number of ether oxygens (including phenoxy) is 2. The van der Waals surface area contributed by atoms with Crippen molar-refractivity contribution in [1.82, 2.24) is 5.32 Å². The van der Waals surface area contributed by atoms with Gasteiger partial charge < -0.3 is 14.8 Å². The van der Waals surface area contributed by atoms with Gasteiger partial charge in [0, 0.05) is 6.54 Å². The molecule has 24 heavy (non-hydrogen) atoms. The van der Waals surface area contributed by atoms with Crippen molar-refractivity contribution in [3.8, 4) is 5.75 Å². The first kappa shape index (κ1) is 17.7. The molecule has 2 aromatic carbocycles. The van der Waals surface area contributed by atoms with Crippen molar-refractivity contribution in [2.45, 2.75) is 12.7 Å². The number of carbonyl (C=O) groups is 1. The van der Waals surface area contributed by atoms with Crippen LogP contribution in [0.15, 0.2) is 54.6 Å². The summed E-state index contributed by atoms with van der Waals surface area (Å²) in [5.74, 6) is 0.0677. The monoisotopic (exact) mass is 339 g/mol. The van der Waals surface area contributed by atoms with Crippen LogP contribution in [0.1, 0.15) is 11.1 Å². The molecule has 0 aliphatic carbocycles. The predicted octanol–water partition coefficient (Wildman–Crippen LogP) is 4.01. The van der Waals surface area contributed by atoms with Crippen molar-refractivity contribution in [3.63, 3.8) is 0 Å². The smallest absolute Gasteiger partial charge is 0.416 e. The molecule has 0 aliphatic heterocycles. The van der Waals surface area contributed by atoms with Gasteiger partial charge in [-0.15, -0.1) is 0 Å². The number of amides is 1. The number of hydrogen-bond donors (Lipinski definition) is 1. The zero-order valence-electron chi connectivity index (χ0n) is 12.7. The summed E-state index contributed by atoms with van der Waals surface area (Å²) in [6.45, 7) is 0.213. The van der Waals surface area contributed by atoms with Gasteiger partial charge in [0.25, 0.3) is 0 Å². The Balaban J connectivity index is 1.68. The molecule has 0 bridgehead atoms. The van der Waals surface area contributed by atoms with Crippen LogP contribution in [0.5, 0.6) is 5.75 Å². The van der Waals surface area contributed by atoms with Crippen LogP contribution < -0.4 is 10.1 Å². The highest BCUT2D eigenvalue weighted by atomic mass is 19.4. The average Bonchev–Trinajstić information content (AvgIpc) is 2.57. The first-order valence-corrected chi connectivity index (χ1v) is 7.20. The van der Waals surface area contributed by atoms with Gasteiger partial charge in [0.1, 0.15) is 19.0 Å². The van der Waals surface area contributed by atoms with Crippen molar-refractivity contribution in [2.75, 3.05) is 13.2 Å². The van der Waals surface area contributed by atoms with Gasteiger partial charge in [-0.1, -0.05) is 36.4 Å². The van der Waals surface area contributed by atoms with E-state index in [4.69, 9.17) is 9.47 Å². The first-order chi connectivity index (χ1) is 11.4. The number of nitrogens with one attached hydrogen (secondary N) is 1. The van der Waals surface area contributed by atoms with Gasteiger partial charge in [0.05, 0.1) is 5.56 Å². The van der Waals surface area contributed by atoms with Crippen LogP contribution in [0.4, 0.5) is 18.0 Å². The molecule has 0 fully saturated rings. The van der Waals surface area contributed by atoms with E-state index in [1.54, 1.807) is 0 Å². The predicted molar refractivity (Wildman–Crippen MR) is 81.6 cm³/mol. The molecule has 2 aromatic rings. The van der Waals surface area contributed by atoms with Gasteiger partial charge >= 0.3 is 12.3 Å². The first-order valence-electron chi connectivity index (χ1n) is 7.20. The maximum absolute atomic E-state index is 12.6. The number of alkyl halides is 3. The highest BCUT2D eigenvalue weighted by Gasteiger charge is 2.30. The van der Waals surface area contributed by atoms with Crippen LogP contribution >= 0.6 is 0 Å². The molecule has 0 radical (unpaired) electrons. The van der Waals surface area contributed by atoms with E-state index in [1.807, 2.05) is 30.3 Å². The normalized spacial score (nSPS) is 11.0. The van der Waals surface area contributed by atoms with Crippen molar-refractivity contribution in [3.05, 3.63) is 65.7 Å². The van der Waals surface area contributed by atoms with E-state index in [-0.39, 0.29) is 19.0 Å². The average molecular weight is 339 g/mol. The molecular formula is C17H16F3NO3. The van der Waals surface area contributed by atoms with Crippen LogP contribution in [0.3, 0.4) is 0 Å². The van der Waals surface area contributed by atoms with Crippen LogP contribution in [-0.2, 0) is 17.5 Å². The maximum atomic E-state index is 12.6. The summed E-state index contributed by atoms with van der Waals surface area (Å²) >= 11 is 0. The Labute approximate surface area is 137 Å². The minimum atomic E-state index is -4.42. The molecule has 128 valence electrons. The fourth-order valence-corrected chi connectivity index (χ4v) is 1.88. The summed E-state index contributed by atoms with van der Waals surface area (Å²) in [5, 5.41) is 2.56. The lowest BCUT2D eigenvalue weighted by atomic mass is 10.2. The van der Waals surface area contributed by atoms with Gasteiger partial charge in [-0.2, -0.15) is 13.2 Å². The minimum absolute atomic E-state index is 0.0416. The third-order valence-electron chi connectivity index (χ3n) is 3.03. The number of halogens is 3. The van der Waals surface area contributed by atoms with E-state index in [0.29, 0.717) is 6.54 Å². The third-order valence-corrected chi connectivity index (χ3v) is 3.03. The number of hydrogen-bond acceptors (Lipinski definition) is 3. The minimum Gasteiger partial charge on any atom is -0.490 e. The standard InChI is InChI=1S/C17H16F3NO3/c18-17(19,20)14-7-4-8-15(11-14)23-9-10-24-16(22)21-12-13-5-2-1-3-6-13/h1-8,11H,9-10,12H2,(H,21,22). The van der Waals surface area contributed by atoms with Gasteiger partial charge in [-0.05, 0) is 23.8 Å². The molecule has 7 heteroatoms. The quantitative estimate of drug-likeness (QED) is 0.809. The number of benzene rings is 2. The van der Waals surface area contributed by atoms with Gasteiger partial charge in [0.15, 0.2) is 0 Å². The second-order valence-corrected chi connectivity index (χ2v) is 4.85. The van der Waals surface area contributed by atoms with Crippen molar-refractivity contribution < 1.29 is 27.4 Å². The molecule has 0 aliphatic rings. The second kappa shape index (κ2) is 8.24. The van der Waals surface area contributed by atoms with Crippen LogP contribution in [0.25, 0.3) is 0 Å². The van der Waals surface area contributed by atoms with Crippen LogP contribution in [0.2, 0.25) is 0 Å². The summed E-state index contributed by atoms with van der Waals surface area (Å²) in [6.07, 6.45) is -5.04. The Kier molecular flexibility index (Phi) is 6.06. The molecule has 0 heterocycles. The molecule has 2 rings (SSSR count). The Hall–Kier alpha value is -2.70. The molecule has 0 spiro atoms. The summed E-state index contributed by atoms with van der Waals surface area (Å²) in [7, 11) is 0. The fourth-order valence-electron chi connectivity index (χ4n) is 1.88. The fraction of sp³-hybridized carbons (Fsp3) is 0.235. The van der Waals surface area contributed by atoms with E-state index in [1.165, 1.54) is 12.1 Å². The summed E-state index contributed by atoms with van der Waals surface area (Å²) < 4.78 is 47.7. The molecule has 0 saturated heterocycles. The Morgan fingerprint density at radius 2 is 1.75 bits per heavy atom. The van der Waals surface area contributed by atoms with Crippen LogP contribution in [-0.4, -0.2) is 19.3 Å². The zero-order valence-corrected chi connectivity index (χ0v) is 12.7. The SMILES string of the molecule is O=C(NCc1ccccc1)OCCOc1cccc(C(F)(F)F)c1. The zero-order chi connectivity index (χ0) is 17.4. The third kappa shape index (κ3) is 5.83. The van der Waals surface area contributed by atoms with Crippen LogP contribution in [0, 0.1) is 0 Å². The summed E-state index contributed by atoms with van der Waals surface area (Å²) in [5.41, 5.74) is 0.135. The number of rotatable bonds is 6. The topological polar surface area (TPSA) is 47.6 Å². The van der Waals surface area contributed by atoms with E-state index in [9.17, 15) is 18.0 Å². The van der Waals surface area contributed by atoms with E-state index in [2.05, 4.69) is 5.32 Å². The Morgan fingerprint density at radius 1 is 1.00 bits per heavy atom. The molecular weight excluding hydrogens is 323 g/mol.